The SMILES string of the molecule is CCN1CCOC(CNc2nc(C)c(C)nc2Cl)C1. The van der Waals surface area contributed by atoms with Gasteiger partial charge in [-0.25, -0.2) is 9.97 Å². The summed E-state index contributed by atoms with van der Waals surface area (Å²) in [5.41, 5.74) is 1.76. The van der Waals surface area contributed by atoms with Crippen molar-refractivity contribution in [2.75, 3.05) is 38.1 Å². The van der Waals surface area contributed by atoms with E-state index in [9.17, 15) is 0 Å². The highest BCUT2D eigenvalue weighted by Gasteiger charge is 2.19. The van der Waals surface area contributed by atoms with Crippen molar-refractivity contribution in [3.8, 4) is 0 Å². The maximum absolute atomic E-state index is 6.09. The Balaban J connectivity index is 1.93. The highest BCUT2D eigenvalue weighted by atomic mass is 35.5. The minimum atomic E-state index is 0.174. The molecule has 2 rings (SSSR count). The van der Waals surface area contributed by atoms with Crippen LogP contribution < -0.4 is 5.32 Å². The Morgan fingerprint density at radius 3 is 2.84 bits per heavy atom. The van der Waals surface area contributed by atoms with E-state index >= 15 is 0 Å². The van der Waals surface area contributed by atoms with E-state index < -0.39 is 0 Å². The molecule has 0 bridgehead atoms. The van der Waals surface area contributed by atoms with E-state index in [0.717, 1.165) is 37.6 Å². The average Bonchev–Trinajstić information content (AvgIpc) is 2.41. The van der Waals surface area contributed by atoms with Crippen LogP contribution >= 0.6 is 11.6 Å². The molecule has 19 heavy (non-hydrogen) atoms. The number of ether oxygens (including phenoxy) is 1. The zero-order valence-electron chi connectivity index (χ0n) is 11.7. The fourth-order valence-electron chi connectivity index (χ4n) is 2.09. The van der Waals surface area contributed by atoms with Crippen LogP contribution in [0.4, 0.5) is 5.82 Å². The summed E-state index contributed by atoms with van der Waals surface area (Å²) in [6.45, 7) is 10.5. The van der Waals surface area contributed by atoms with Gasteiger partial charge in [-0.1, -0.05) is 18.5 Å². The van der Waals surface area contributed by atoms with Crippen molar-refractivity contribution in [3.63, 3.8) is 0 Å². The van der Waals surface area contributed by atoms with Gasteiger partial charge in [0.25, 0.3) is 0 Å². The predicted octanol–water partition coefficient (Wildman–Crippen LogP) is 1.88. The Morgan fingerprint density at radius 2 is 2.11 bits per heavy atom. The molecule has 1 aliphatic heterocycles. The summed E-state index contributed by atoms with van der Waals surface area (Å²) in [7, 11) is 0. The van der Waals surface area contributed by atoms with E-state index in [4.69, 9.17) is 16.3 Å². The van der Waals surface area contributed by atoms with Crippen molar-refractivity contribution >= 4 is 17.4 Å². The monoisotopic (exact) mass is 284 g/mol. The van der Waals surface area contributed by atoms with Crippen molar-refractivity contribution < 1.29 is 4.74 Å². The molecule has 0 amide bonds. The van der Waals surface area contributed by atoms with Crippen LogP contribution in [-0.2, 0) is 4.74 Å². The summed E-state index contributed by atoms with van der Waals surface area (Å²) in [6, 6.07) is 0. The molecular weight excluding hydrogens is 264 g/mol. The first-order valence-corrected chi connectivity index (χ1v) is 7.06. The number of anilines is 1. The first kappa shape index (κ1) is 14.5. The lowest BCUT2D eigenvalue weighted by Crippen LogP contribution is -2.45. The number of hydrogen-bond acceptors (Lipinski definition) is 5. The lowest BCUT2D eigenvalue weighted by Gasteiger charge is -2.32. The van der Waals surface area contributed by atoms with Gasteiger partial charge in [0.2, 0.25) is 0 Å². The van der Waals surface area contributed by atoms with Gasteiger partial charge in [-0.3, -0.25) is 4.90 Å². The number of nitrogens with one attached hydrogen (secondary N) is 1. The van der Waals surface area contributed by atoms with Gasteiger partial charge in [-0.05, 0) is 20.4 Å². The van der Waals surface area contributed by atoms with E-state index in [2.05, 4.69) is 27.1 Å². The summed E-state index contributed by atoms with van der Waals surface area (Å²) >= 11 is 6.09. The Labute approximate surface area is 119 Å². The molecule has 1 N–H and O–H groups in total. The Bertz CT molecular complexity index is 441. The largest absolute Gasteiger partial charge is 0.374 e. The lowest BCUT2D eigenvalue weighted by atomic mass is 10.2. The number of aryl methyl sites for hydroxylation is 2. The van der Waals surface area contributed by atoms with Crippen molar-refractivity contribution in [2.24, 2.45) is 0 Å². The second-order valence-corrected chi connectivity index (χ2v) is 5.16. The smallest absolute Gasteiger partial charge is 0.171 e. The van der Waals surface area contributed by atoms with Gasteiger partial charge >= 0.3 is 0 Å². The van der Waals surface area contributed by atoms with E-state index in [0.29, 0.717) is 17.5 Å². The number of halogens is 1. The predicted molar refractivity (Wildman–Crippen MR) is 76.9 cm³/mol. The number of nitrogens with zero attached hydrogens (tertiary/aromatic N) is 3. The van der Waals surface area contributed by atoms with Gasteiger partial charge in [0.15, 0.2) is 11.0 Å². The van der Waals surface area contributed by atoms with Crippen LogP contribution in [0.25, 0.3) is 0 Å². The first-order chi connectivity index (χ1) is 9.10. The summed E-state index contributed by atoms with van der Waals surface area (Å²) in [5.74, 6) is 0.641. The lowest BCUT2D eigenvalue weighted by molar-refractivity contribution is -0.0192. The molecule has 1 aromatic rings. The van der Waals surface area contributed by atoms with Gasteiger partial charge in [0, 0.05) is 19.6 Å². The molecule has 0 aliphatic carbocycles. The van der Waals surface area contributed by atoms with E-state index in [1.54, 1.807) is 0 Å². The molecular formula is C13H21ClN4O. The molecule has 6 heteroatoms. The number of rotatable bonds is 4. The summed E-state index contributed by atoms with van der Waals surface area (Å²) in [5, 5.41) is 3.66. The molecule has 1 aliphatic rings. The van der Waals surface area contributed by atoms with Gasteiger partial charge in [-0.15, -0.1) is 0 Å². The maximum Gasteiger partial charge on any atom is 0.171 e. The highest BCUT2D eigenvalue weighted by molar-refractivity contribution is 6.31. The molecule has 1 fully saturated rings. The summed E-state index contributed by atoms with van der Waals surface area (Å²) in [6.07, 6.45) is 0.174. The molecule has 1 saturated heterocycles. The van der Waals surface area contributed by atoms with E-state index in [1.165, 1.54) is 0 Å². The fraction of sp³-hybridized carbons (Fsp3) is 0.692. The highest BCUT2D eigenvalue weighted by Crippen LogP contribution is 2.18. The second-order valence-electron chi connectivity index (χ2n) is 4.80. The van der Waals surface area contributed by atoms with Gasteiger partial charge in [0.1, 0.15) is 0 Å². The second kappa shape index (κ2) is 6.50. The molecule has 0 spiro atoms. The fourth-order valence-corrected chi connectivity index (χ4v) is 2.33. The van der Waals surface area contributed by atoms with Crippen molar-refractivity contribution in [3.05, 3.63) is 16.5 Å². The zero-order valence-corrected chi connectivity index (χ0v) is 12.5. The Kier molecular flexibility index (Phi) is 4.96. The van der Waals surface area contributed by atoms with Crippen LogP contribution in [0.15, 0.2) is 0 Å². The van der Waals surface area contributed by atoms with Gasteiger partial charge in [-0.2, -0.15) is 0 Å². The third kappa shape index (κ3) is 3.78. The first-order valence-electron chi connectivity index (χ1n) is 6.68. The molecule has 1 aromatic heterocycles. The number of aromatic nitrogens is 2. The van der Waals surface area contributed by atoms with E-state index in [1.807, 2.05) is 13.8 Å². The third-order valence-electron chi connectivity index (χ3n) is 3.43. The van der Waals surface area contributed by atoms with Gasteiger partial charge < -0.3 is 10.1 Å². The number of morpholine rings is 1. The van der Waals surface area contributed by atoms with Crippen LogP contribution in [-0.4, -0.2) is 53.8 Å². The molecule has 5 nitrogen and oxygen atoms in total. The average molecular weight is 285 g/mol. The number of likely N-dealkylation sites (N-methyl/N-ethyl adjacent to an activating group) is 1. The summed E-state index contributed by atoms with van der Waals surface area (Å²) in [4.78, 5) is 11.1. The van der Waals surface area contributed by atoms with Crippen molar-refractivity contribution in [1.82, 2.24) is 14.9 Å². The van der Waals surface area contributed by atoms with Gasteiger partial charge in [0.05, 0.1) is 24.1 Å². The minimum Gasteiger partial charge on any atom is -0.374 e. The zero-order chi connectivity index (χ0) is 13.8. The molecule has 0 saturated carbocycles. The molecule has 1 unspecified atom stereocenters. The molecule has 0 aromatic carbocycles. The van der Waals surface area contributed by atoms with Crippen LogP contribution in [0.3, 0.4) is 0 Å². The molecule has 0 radical (unpaired) electrons. The molecule has 1 atom stereocenters. The normalized spacial score (nSPS) is 20.5. The van der Waals surface area contributed by atoms with Crippen LogP contribution in [0.2, 0.25) is 5.15 Å². The van der Waals surface area contributed by atoms with Crippen molar-refractivity contribution in [2.45, 2.75) is 26.9 Å². The Morgan fingerprint density at radius 1 is 1.37 bits per heavy atom. The van der Waals surface area contributed by atoms with E-state index in [-0.39, 0.29) is 6.10 Å². The quantitative estimate of drug-likeness (QED) is 0.915. The summed E-state index contributed by atoms with van der Waals surface area (Å²) < 4.78 is 5.73. The van der Waals surface area contributed by atoms with Crippen molar-refractivity contribution in [1.29, 1.82) is 0 Å². The molecule has 2 heterocycles. The third-order valence-corrected chi connectivity index (χ3v) is 3.70. The number of hydrogen-bond donors (Lipinski definition) is 1. The molecule has 106 valence electrons. The standard InChI is InChI=1S/C13H21ClN4O/c1-4-18-5-6-19-11(8-18)7-15-13-12(14)16-9(2)10(3)17-13/h11H,4-8H2,1-3H3,(H,15,17). The maximum atomic E-state index is 6.09. The van der Waals surface area contributed by atoms with Crippen LogP contribution in [0.5, 0.6) is 0 Å². The minimum absolute atomic E-state index is 0.174. The van der Waals surface area contributed by atoms with Crippen LogP contribution in [0.1, 0.15) is 18.3 Å². The topological polar surface area (TPSA) is 50.3 Å². The van der Waals surface area contributed by atoms with Crippen LogP contribution in [0, 0.1) is 13.8 Å². The Hall–Kier alpha value is -0.910.